The lowest BCUT2D eigenvalue weighted by molar-refractivity contribution is 0.109. The van der Waals surface area contributed by atoms with Crippen molar-refractivity contribution in [3.8, 4) is 6.07 Å². The second-order valence-corrected chi connectivity index (χ2v) is 5.44. The van der Waals surface area contributed by atoms with Gasteiger partial charge in [-0.25, -0.2) is 0 Å². The lowest BCUT2D eigenvalue weighted by Crippen LogP contribution is -2.09. The van der Waals surface area contributed by atoms with Crippen LogP contribution in [0.3, 0.4) is 0 Å². The molecule has 0 fully saturated rings. The molecule has 23 heavy (non-hydrogen) atoms. The number of carbonyl (C=O) groups excluding carboxylic acids is 1. The molecule has 0 aliphatic carbocycles. The second kappa shape index (κ2) is 10.5. The first-order chi connectivity index (χ1) is 11.0. The van der Waals surface area contributed by atoms with Gasteiger partial charge < -0.3 is 4.74 Å². The number of benzene rings is 2. The monoisotopic (exact) mass is 343 g/mol. The molecule has 0 aliphatic heterocycles. The molecule has 3 nitrogen and oxygen atoms in total. The minimum atomic E-state index is -0.185. The average molecular weight is 343 g/mol. The van der Waals surface area contributed by atoms with E-state index < -0.39 is 0 Å². The number of carbonyl (C=O) groups is 1. The van der Waals surface area contributed by atoms with Crippen LogP contribution in [-0.2, 0) is 4.74 Å². The molecule has 5 heteroatoms. The Morgan fingerprint density at radius 1 is 1.13 bits per heavy atom. The molecule has 0 N–H and O–H groups in total. The summed E-state index contributed by atoms with van der Waals surface area (Å²) in [5.74, 6) is -0.128. The Morgan fingerprint density at radius 2 is 1.61 bits per heavy atom. The topological polar surface area (TPSA) is 50.1 Å². The normalized spacial score (nSPS) is 10.5. The van der Waals surface area contributed by atoms with E-state index in [9.17, 15) is 4.79 Å². The summed E-state index contributed by atoms with van der Waals surface area (Å²) < 4.78 is 5.29. The molecule has 118 valence electrons. The van der Waals surface area contributed by atoms with E-state index in [4.69, 9.17) is 22.2 Å². The Bertz CT molecular complexity index is 666. The van der Waals surface area contributed by atoms with Crippen molar-refractivity contribution < 1.29 is 9.53 Å². The molecular weight excluding hydrogens is 326 g/mol. The maximum atomic E-state index is 10.5. The minimum Gasteiger partial charge on any atom is -0.482 e. The van der Waals surface area contributed by atoms with E-state index in [0.29, 0.717) is 17.2 Å². The van der Waals surface area contributed by atoms with Gasteiger partial charge in [0.05, 0.1) is 12.0 Å². The first-order valence-electron chi connectivity index (χ1n) is 6.94. The van der Waals surface area contributed by atoms with Crippen molar-refractivity contribution in [2.24, 2.45) is 5.92 Å². The molecule has 0 radical (unpaired) electrons. The maximum absolute atomic E-state index is 10.5. The zero-order valence-electron chi connectivity index (χ0n) is 12.7. The SMILES string of the molecule is CC(C#N)COC(=S)c1ccccc1.O=C(S)c1ccccc1. The highest BCUT2D eigenvalue weighted by Gasteiger charge is 2.04. The number of hydrogen-bond donors (Lipinski definition) is 1. The molecule has 2 aromatic rings. The number of thiol groups is 1. The van der Waals surface area contributed by atoms with Gasteiger partial charge in [-0.3, -0.25) is 4.79 Å². The van der Waals surface area contributed by atoms with Crippen molar-refractivity contribution in [3.05, 3.63) is 71.8 Å². The number of thiocarbonyl (C=S) groups is 1. The van der Waals surface area contributed by atoms with E-state index in [1.54, 1.807) is 19.1 Å². The van der Waals surface area contributed by atoms with Crippen LogP contribution in [0.5, 0.6) is 0 Å². The van der Waals surface area contributed by atoms with E-state index in [1.807, 2.05) is 48.5 Å². The van der Waals surface area contributed by atoms with Crippen molar-refractivity contribution in [2.45, 2.75) is 6.92 Å². The predicted molar refractivity (Wildman–Crippen MR) is 98.6 cm³/mol. The average Bonchev–Trinajstić information content (AvgIpc) is 2.61. The first kappa shape index (κ1) is 18.9. The first-order valence-corrected chi connectivity index (χ1v) is 7.80. The molecule has 0 saturated heterocycles. The fraction of sp³-hybridized carbons (Fsp3) is 0.167. The number of hydrogen-bond acceptors (Lipinski definition) is 4. The van der Waals surface area contributed by atoms with Crippen LogP contribution in [0.25, 0.3) is 0 Å². The van der Waals surface area contributed by atoms with Gasteiger partial charge in [-0.05, 0) is 19.1 Å². The lowest BCUT2D eigenvalue weighted by Gasteiger charge is -2.07. The van der Waals surface area contributed by atoms with Crippen LogP contribution in [0, 0.1) is 17.2 Å². The van der Waals surface area contributed by atoms with Gasteiger partial charge in [0.15, 0.2) is 5.05 Å². The maximum Gasteiger partial charge on any atom is 0.216 e. The van der Waals surface area contributed by atoms with Crippen LogP contribution in [0.2, 0.25) is 0 Å². The van der Waals surface area contributed by atoms with E-state index >= 15 is 0 Å². The van der Waals surface area contributed by atoms with Gasteiger partial charge in [0.25, 0.3) is 0 Å². The zero-order chi connectivity index (χ0) is 17.1. The highest BCUT2D eigenvalue weighted by molar-refractivity contribution is 7.97. The van der Waals surface area contributed by atoms with Crippen molar-refractivity contribution in [1.29, 1.82) is 5.26 Å². The fourth-order valence-electron chi connectivity index (χ4n) is 1.48. The number of nitrogens with zero attached hydrogens (tertiary/aromatic N) is 1. The number of ether oxygens (including phenoxy) is 1. The second-order valence-electron chi connectivity index (χ2n) is 4.67. The fourth-order valence-corrected chi connectivity index (χ4v) is 1.83. The Balaban J connectivity index is 0.000000253. The van der Waals surface area contributed by atoms with Gasteiger partial charge in [-0.1, -0.05) is 60.7 Å². The van der Waals surface area contributed by atoms with Gasteiger partial charge in [0.1, 0.15) is 6.61 Å². The van der Waals surface area contributed by atoms with Gasteiger partial charge in [0.2, 0.25) is 5.12 Å². The van der Waals surface area contributed by atoms with Crippen LogP contribution in [0.4, 0.5) is 0 Å². The van der Waals surface area contributed by atoms with E-state index in [1.165, 1.54) is 0 Å². The van der Waals surface area contributed by atoms with Crippen LogP contribution in [0.15, 0.2) is 60.7 Å². The number of rotatable bonds is 4. The Kier molecular flexibility index (Phi) is 8.66. The van der Waals surface area contributed by atoms with Crippen LogP contribution in [0.1, 0.15) is 22.8 Å². The minimum absolute atomic E-state index is 0.128. The molecule has 1 unspecified atom stereocenters. The predicted octanol–water partition coefficient (Wildman–Crippen LogP) is 4.29. The highest BCUT2D eigenvalue weighted by atomic mass is 32.1. The molecule has 2 rings (SSSR count). The summed E-state index contributed by atoms with van der Waals surface area (Å²) in [6.07, 6.45) is 0. The van der Waals surface area contributed by atoms with Crippen molar-refractivity contribution >= 4 is 35.0 Å². The third kappa shape index (κ3) is 7.59. The molecular formula is C18H17NO2S2. The standard InChI is InChI=1S/C11H11NOS.C7H6OS/c1-9(7-12)8-13-11(14)10-5-3-2-4-6-10;8-7(9)6-4-2-1-3-5-6/h2-6,9H,8H2,1H3;1-5H,(H,8,9). The zero-order valence-corrected chi connectivity index (χ0v) is 14.4. The molecule has 0 bridgehead atoms. The third-order valence-electron chi connectivity index (χ3n) is 2.72. The Morgan fingerprint density at radius 3 is 2.00 bits per heavy atom. The molecule has 2 aromatic carbocycles. The van der Waals surface area contributed by atoms with Gasteiger partial charge >= 0.3 is 0 Å². The van der Waals surface area contributed by atoms with Gasteiger partial charge in [-0.15, -0.1) is 12.6 Å². The van der Waals surface area contributed by atoms with E-state index in [2.05, 4.69) is 18.7 Å². The molecule has 0 saturated carbocycles. The summed E-state index contributed by atoms with van der Waals surface area (Å²) in [4.78, 5) is 10.5. The molecule has 0 amide bonds. The third-order valence-corrected chi connectivity index (χ3v) is 3.33. The summed E-state index contributed by atoms with van der Waals surface area (Å²) in [6.45, 7) is 2.15. The Hall–Kier alpha value is -2.16. The summed E-state index contributed by atoms with van der Waals surface area (Å²) in [7, 11) is 0. The largest absolute Gasteiger partial charge is 0.482 e. The lowest BCUT2D eigenvalue weighted by atomic mass is 10.2. The molecule has 1 atom stereocenters. The molecule has 0 aliphatic rings. The van der Waals surface area contributed by atoms with Crippen LogP contribution in [-0.4, -0.2) is 16.8 Å². The Labute approximate surface area is 147 Å². The van der Waals surface area contributed by atoms with Gasteiger partial charge in [0, 0.05) is 11.1 Å². The van der Waals surface area contributed by atoms with Crippen LogP contribution < -0.4 is 0 Å². The summed E-state index contributed by atoms with van der Waals surface area (Å²) >= 11 is 8.70. The van der Waals surface area contributed by atoms with Crippen molar-refractivity contribution in [1.82, 2.24) is 0 Å². The summed E-state index contributed by atoms with van der Waals surface area (Å²) in [6, 6.07) is 20.5. The smallest absolute Gasteiger partial charge is 0.216 e. The molecule has 0 aromatic heterocycles. The quantitative estimate of drug-likeness (QED) is 0.664. The molecule has 0 spiro atoms. The van der Waals surface area contributed by atoms with E-state index in [-0.39, 0.29) is 11.0 Å². The van der Waals surface area contributed by atoms with Gasteiger partial charge in [-0.2, -0.15) is 5.26 Å². The van der Waals surface area contributed by atoms with Crippen molar-refractivity contribution in [3.63, 3.8) is 0 Å². The summed E-state index contributed by atoms with van der Waals surface area (Å²) in [5, 5.41) is 8.81. The van der Waals surface area contributed by atoms with Crippen LogP contribution >= 0.6 is 24.8 Å². The van der Waals surface area contributed by atoms with E-state index in [0.717, 1.165) is 5.56 Å². The summed E-state index contributed by atoms with van der Waals surface area (Å²) in [5.41, 5.74) is 1.52. The number of nitriles is 1. The molecule has 0 heterocycles. The van der Waals surface area contributed by atoms with Crippen molar-refractivity contribution in [2.75, 3.05) is 6.61 Å². The highest BCUT2D eigenvalue weighted by Crippen LogP contribution is 2.04.